The Labute approximate surface area is 353 Å². The molecule has 0 aromatic rings. The molecule has 0 aromatic heterocycles. The molecule has 330 valence electrons. The molecule has 3 N–H and O–H groups in total. The number of unbranched alkanes of at least 4 members (excludes halogenated alkanes) is 11. The van der Waals surface area contributed by atoms with E-state index in [1.54, 1.807) is 0 Å². The van der Waals surface area contributed by atoms with Gasteiger partial charge in [0.05, 0.1) is 13.2 Å². The summed E-state index contributed by atoms with van der Waals surface area (Å²) >= 11 is 0. The molecule has 2 atom stereocenters. The van der Waals surface area contributed by atoms with Gasteiger partial charge >= 0.3 is 13.8 Å². The fourth-order valence-corrected chi connectivity index (χ4v) is 6.19. The Kier molecular flexibility index (Phi) is 41.2. The first-order chi connectivity index (χ1) is 28.3. The number of hydrogen-bond acceptors (Lipinski definition) is 7. The van der Waals surface area contributed by atoms with Crippen molar-refractivity contribution in [1.82, 2.24) is 5.32 Å². The fourth-order valence-electron chi connectivity index (χ4n) is 5.43. The number of phosphoric ester groups is 1. The summed E-state index contributed by atoms with van der Waals surface area (Å²) in [5, 5.41) is 12.7. The molecule has 0 aliphatic carbocycles. The molecule has 2 unspecified atom stereocenters. The molecule has 0 spiro atoms. The van der Waals surface area contributed by atoms with Crippen LogP contribution in [0.15, 0.2) is 97.2 Å². The van der Waals surface area contributed by atoms with Crippen LogP contribution in [0.4, 0.5) is 0 Å². The predicted octanol–water partition coefficient (Wildman–Crippen LogP) is 12.6. The number of carbonyl (C=O) groups is 2. The largest absolute Gasteiger partial charge is 0.472 e. The normalized spacial score (nSPS) is 14.2. The zero-order valence-corrected chi connectivity index (χ0v) is 37.1. The van der Waals surface area contributed by atoms with Crippen LogP contribution in [0.1, 0.15) is 162 Å². The lowest BCUT2D eigenvalue weighted by Crippen LogP contribution is -2.27. The van der Waals surface area contributed by atoms with Gasteiger partial charge in [0.15, 0.2) is 0 Å². The number of carbonyl (C=O) groups excluding carboxylic acids is 2. The summed E-state index contributed by atoms with van der Waals surface area (Å²) < 4.78 is 26.8. The van der Waals surface area contributed by atoms with Crippen molar-refractivity contribution in [3.63, 3.8) is 0 Å². The maximum Gasteiger partial charge on any atom is 0.472 e. The number of esters is 1. The Bertz CT molecular complexity index is 1270. The third-order valence-electron chi connectivity index (χ3n) is 8.76. The number of nitrogens with one attached hydrogen (secondary N) is 1. The first kappa shape index (κ1) is 54.9. The third kappa shape index (κ3) is 44.0. The molecule has 58 heavy (non-hydrogen) atoms. The molecule has 0 bridgehead atoms. The maximum absolute atomic E-state index is 12.1. The molecule has 0 heterocycles. The van der Waals surface area contributed by atoms with E-state index in [2.05, 4.69) is 104 Å². The molecule has 0 saturated carbocycles. The van der Waals surface area contributed by atoms with Crippen LogP contribution in [0.2, 0.25) is 0 Å². The zero-order valence-electron chi connectivity index (χ0n) is 36.2. The molecule has 9 nitrogen and oxygen atoms in total. The molecule has 10 heteroatoms. The van der Waals surface area contributed by atoms with E-state index >= 15 is 0 Å². The molecule has 0 aliphatic heterocycles. The standard InChI is InChI=1S/C48H80NO8P/c1-3-5-7-9-11-13-15-17-19-21-23-25-27-29-31-33-35-37-39-41-48(52)55-44-46(50)45-57-58(53,54)56-43-42-49-47(51)40-38-36-34-32-30-28-26-24-22-20-18-16-14-12-10-8-6-4-2/h5,7,11,13-14,16-17,19-20,22-23,25,29,31,35,37,46,50H,3-4,6,8-10,12,15,18,21,24,26-28,30,32-34,36,38-45H2,1-2H3,(H,49,51)(H,53,54)/b7-5-,13-11-,16-14-,19-17-,22-20-,25-23-,31-29-,37-35-. The highest BCUT2D eigenvalue weighted by Gasteiger charge is 2.23. The van der Waals surface area contributed by atoms with E-state index in [0.717, 1.165) is 70.6 Å². The van der Waals surface area contributed by atoms with Crippen molar-refractivity contribution in [2.45, 2.75) is 168 Å². The van der Waals surface area contributed by atoms with Crippen molar-refractivity contribution in [3.05, 3.63) is 97.2 Å². The minimum absolute atomic E-state index is 0.0630. The Morgan fingerprint density at radius 3 is 1.52 bits per heavy atom. The van der Waals surface area contributed by atoms with Gasteiger partial charge in [-0.05, 0) is 83.5 Å². The number of rotatable bonds is 40. The van der Waals surface area contributed by atoms with Crippen LogP contribution in [0.25, 0.3) is 0 Å². The first-order valence-corrected chi connectivity index (χ1v) is 23.7. The van der Waals surface area contributed by atoms with Crippen LogP contribution >= 0.6 is 7.82 Å². The van der Waals surface area contributed by atoms with Crippen LogP contribution in [0.5, 0.6) is 0 Å². The van der Waals surface area contributed by atoms with Gasteiger partial charge in [-0.2, -0.15) is 0 Å². The molecule has 0 radical (unpaired) electrons. The van der Waals surface area contributed by atoms with E-state index in [1.807, 2.05) is 12.2 Å². The van der Waals surface area contributed by atoms with Gasteiger partial charge in [0.1, 0.15) is 12.7 Å². The Morgan fingerprint density at radius 2 is 1.00 bits per heavy atom. The van der Waals surface area contributed by atoms with Crippen molar-refractivity contribution < 1.29 is 37.9 Å². The molecule has 0 fully saturated rings. The quantitative estimate of drug-likeness (QED) is 0.0241. The topological polar surface area (TPSA) is 131 Å². The summed E-state index contributed by atoms with van der Waals surface area (Å²) in [6, 6.07) is 0. The minimum Gasteiger partial charge on any atom is -0.463 e. The molecule has 0 aliphatic rings. The highest BCUT2D eigenvalue weighted by molar-refractivity contribution is 7.47. The highest BCUT2D eigenvalue weighted by atomic mass is 31.2. The van der Waals surface area contributed by atoms with E-state index in [4.69, 9.17) is 13.8 Å². The van der Waals surface area contributed by atoms with Crippen molar-refractivity contribution in [2.75, 3.05) is 26.4 Å². The van der Waals surface area contributed by atoms with Crippen molar-refractivity contribution in [1.29, 1.82) is 0 Å². The third-order valence-corrected chi connectivity index (χ3v) is 9.75. The van der Waals surface area contributed by atoms with Crippen LogP contribution in [-0.2, 0) is 27.9 Å². The second kappa shape index (κ2) is 43.5. The predicted molar refractivity (Wildman–Crippen MR) is 242 cm³/mol. The summed E-state index contributed by atoms with van der Waals surface area (Å²) in [4.78, 5) is 33.9. The van der Waals surface area contributed by atoms with E-state index in [9.17, 15) is 24.2 Å². The summed E-state index contributed by atoms with van der Waals surface area (Å²) in [6.45, 7) is 3.31. The van der Waals surface area contributed by atoms with Gasteiger partial charge < -0.3 is 20.1 Å². The summed E-state index contributed by atoms with van der Waals surface area (Å²) in [5.41, 5.74) is 0. The second-order valence-corrected chi connectivity index (χ2v) is 15.7. The summed E-state index contributed by atoms with van der Waals surface area (Å²) in [6.07, 6.45) is 56.3. The Hall–Kier alpha value is -3.07. The van der Waals surface area contributed by atoms with E-state index < -0.39 is 26.5 Å². The zero-order chi connectivity index (χ0) is 42.5. The average Bonchev–Trinajstić information content (AvgIpc) is 3.21. The molecule has 0 rings (SSSR count). The van der Waals surface area contributed by atoms with Gasteiger partial charge in [0.25, 0.3) is 0 Å². The lowest BCUT2D eigenvalue weighted by atomic mass is 10.1. The number of ether oxygens (including phenoxy) is 1. The van der Waals surface area contributed by atoms with Crippen LogP contribution in [0.3, 0.4) is 0 Å². The van der Waals surface area contributed by atoms with Gasteiger partial charge in [-0.25, -0.2) is 4.57 Å². The second-order valence-electron chi connectivity index (χ2n) is 14.3. The molecule has 0 aromatic carbocycles. The lowest BCUT2D eigenvalue weighted by molar-refractivity contribution is -0.147. The Balaban J connectivity index is 3.73. The van der Waals surface area contributed by atoms with E-state index in [0.29, 0.717) is 12.8 Å². The SMILES string of the molecule is CC/C=C\C/C=C\C/C=C\C/C=C\C/C=C\C/C=C\CCC(=O)OCC(O)COP(=O)(O)OCCNC(=O)CCCCCCCCC/C=C\C/C=C\CCCCCC. The number of phosphoric acid groups is 1. The van der Waals surface area contributed by atoms with E-state index in [1.165, 1.54) is 57.8 Å². The van der Waals surface area contributed by atoms with Gasteiger partial charge in [-0.15, -0.1) is 0 Å². The smallest absolute Gasteiger partial charge is 0.463 e. The summed E-state index contributed by atoms with van der Waals surface area (Å²) in [7, 11) is -4.44. The molecular formula is C48H80NO8P. The molecule has 0 saturated heterocycles. The lowest BCUT2D eigenvalue weighted by Gasteiger charge is -2.15. The van der Waals surface area contributed by atoms with Crippen LogP contribution in [-0.4, -0.2) is 54.3 Å². The van der Waals surface area contributed by atoms with Crippen molar-refractivity contribution in [2.24, 2.45) is 0 Å². The molecular weight excluding hydrogens is 750 g/mol. The van der Waals surface area contributed by atoms with Crippen molar-refractivity contribution in [3.8, 4) is 0 Å². The molecule has 1 amide bonds. The van der Waals surface area contributed by atoms with Crippen LogP contribution < -0.4 is 5.32 Å². The number of hydrogen-bond donors (Lipinski definition) is 3. The Morgan fingerprint density at radius 1 is 0.552 bits per heavy atom. The number of allylic oxidation sites excluding steroid dienone is 16. The van der Waals surface area contributed by atoms with Crippen molar-refractivity contribution >= 4 is 19.7 Å². The van der Waals surface area contributed by atoms with Gasteiger partial charge in [0.2, 0.25) is 5.91 Å². The monoisotopic (exact) mass is 830 g/mol. The van der Waals surface area contributed by atoms with Gasteiger partial charge in [-0.3, -0.25) is 18.6 Å². The van der Waals surface area contributed by atoms with Gasteiger partial charge in [0, 0.05) is 19.4 Å². The van der Waals surface area contributed by atoms with E-state index in [-0.39, 0.29) is 32.1 Å². The fraction of sp³-hybridized carbons (Fsp3) is 0.625. The average molecular weight is 830 g/mol. The van der Waals surface area contributed by atoms with Crippen LogP contribution in [0, 0.1) is 0 Å². The van der Waals surface area contributed by atoms with Gasteiger partial charge in [-0.1, -0.05) is 162 Å². The summed E-state index contributed by atoms with van der Waals surface area (Å²) in [5.74, 6) is -0.618. The minimum atomic E-state index is -4.44. The maximum atomic E-state index is 12.1. The number of aliphatic hydroxyl groups is 1. The number of aliphatic hydroxyl groups excluding tert-OH is 1. The first-order valence-electron chi connectivity index (χ1n) is 22.2. The highest BCUT2D eigenvalue weighted by Crippen LogP contribution is 2.42. The number of amides is 1.